The normalized spacial score (nSPS) is 14.0. The van der Waals surface area contributed by atoms with Gasteiger partial charge in [0, 0.05) is 37.6 Å². The molecule has 2 heterocycles. The number of carbonyl (C=O) groups is 1. The number of amides is 1. The highest BCUT2D eigenvalue weighted by atomic mass is 16.2. The number of hydrogen-bond donors (Lipinski definition) is 1. The van der Waals surface area contributed by atoms with E-state index in [1.807, 2.05) is 36.4 Å². The predicted octanol–water partition coefficient (Wildman–Crippen LogP) is 3.40. The first-order chi connectivity index (χ1) is 13.8. The van der Waals surface area contributed by atoms with Gasteiger partial charge in [0.25, 0.3) is 5.91 Å². The minimum absolute atomic E-state index is 0.219. The lowest BCUT2D eigenvalue weighted by atomic mass is 9.99. The summed E-state index contributed by atoms with van der Waals surface area (Å²) in [6, 6.07) is 20.0. The number of rotatable bonds is 5. The van der Waals surface area contributed by atoms with Gasteiger partial charge in [0.2, 0.25) is 0 Å². The predicted molar refractivity (Wildman–Crippen MR) is 110 cm³/mol. The van der Waals surface area contributed by atoms with E-state index in [1.165, 1.54) is 16.7 Å². The highest BCUT2D eigenvalue weighted by Gasteiger charge is 2.15. The second-order valence-electron chi connectivity index (χ2n) is 6.91. The van der Waals surface area contributed by atoms with E-state index in [0.717, 1.165) is 31.6 Å². The van der Waals surface area contributed by atoms with Gasteiger partial charge in [-0.05, 0) is 52.9 Å². The first-order valence-corrected chi connectivity index (χ1v) is 9.39. The maximum absolute atomic E-state index is 12.2. The zero-order valence-corrected chi connectivity index (χ0v) is 15.6. The van der Waals surface area contributed by atoms with Gasteiger partial charge in [0.1, 0.15) is 0 Å². The van der Waals surface area contributed by atoms with E-state index in [4.69, 9.17) is 0 Å². The van der Waals surface area contributed by atoms with Crippen molar-refractivity contribution in [2.45, 2.75) is 19.5 Å². The molecule has 3 aromatic rings. The Balaban J connectivity index is 1.32. The van der Waals surface area contributed by atoms with Crippen LogP contribution in [-0.4, -0.2) is 28.6 Å². The van der Waals surface area contributed by atoms with Crippen molar-refractivity contribution in [2.24, 2.45) is 5.10 Å². The van der Waals surface area contributed by atoms with Crippen molar-refractivity contribution >= 4 is 12.1 Å². The van der Waals surface area contributed by atoms with Crippen molar-refractivity contribution in [1.29, 1.82) is 0 Å². The molecule has 28 heavy (non-hydrogen) atoms. The number of hydrazone groups is 1. The molecule has 0 fully saturated rings. The van der Waals surface area contributed by atoms with Crippen LogP contribution in [0.5, 0.6) is 0 Å². The van der Waals surface area contributed by atoms with E-state index >= 15 is 0 Å². The molecule has 1 aliphatic rings. The standard InChI is InChI=1S/C23H22N4O/c28-23(26-25-15-18-9-12-24-13-10-18)21-7-5-19(6-8-21)16-27-14-11-20-3-1-2-4-22(20)17-27/h1-10,12-13,15H,11,14,16-17H2,(H,26,28)/b25-15-. The van der Waals surface area contributed by atoms with Crippen LogP contribution in [0.4, 0.5) is 0 Å². The second kappa shape index (κ2) is 8.59. The summed E-state index contributed by atoms with van der Waals surface area (Å²) >= 11 is 0. The Labute approximate surface area is 164 Å². The highest BCUT2D eigenvalue weighted by Crippen LogP contribution is 2.20. The van der Waals surface area contributed by atoms with Gasteiger partial charge in [-0.1, -0.05) is 36.4 Å². The summed E-state index contributed by atoms with van der Waals surface area (Å²) in [7, 11) is 0. The Hall–Kier alpha value is -3.31. The molecule has 0 saturated carbocycles. The van der Waals surface area contributed by atoms with Crippen LogP contribution in [0.25, 0.3) is 0 Å². The quantitative estimate of drug-likeness (QED) is 0.553. The summed E-state index contributed by atoms with van der Waals surface area (Å²) in [5.41, 5.74) is 8.11. The molecule has 1 aliphatic heterocycles. The van der Waals surface area contributed by atoms with Crippen LogP contribution in [0.3, 0.4) is 0 Å². The Morgan fingerprint density at radius 2 is 1.79 bits per heavy atom. The number of hydrogen-bond acceptors (Lipinski definition) is 4. The molecule has 0 unspecified atom stereocenters. The maximum atomic E-state index is 12.2. The van der Waals surface area contributed by atoms with Crippen LogP contribution in [-0.2, 0) is 19.5 Å². The third-order valence-corrected chi connectivity index (χ3v) is 4.92. The summed E-state index contributed by atoms with van der Waals surface area (Å²) in [6.45, 7) is 2.92. The number of aromatic nitrogens is 1. The van der Waals surface area contributed by atoms with Crippen LogP contribution in [0.15, 0.2) is 78.2 Å². The molecule has 1 aromatic heterocycles. The van der Waals surface area contributed by atoms with Crippen molar-refractivity contribution in [3.8, 4) is 0 Å². The van der Waals surface area contributed by atoms with Crippen molar-refractivity contribution in [1.82, 2.24) is 15.3 Å². The van der Waals surface area contributed by atoms with Crippen LogP contribution >= 0.6 is 0 Å². The van der Waals surface area contributed by atoms with Gasteiger partial charge in [-0.3, -0.25) is 14.7 Å². The van der Waals surface area contributed by atoms with E-state index in [-0.39, 0.29) is 5.91 Å². The number of pyridine rings is 1. The Kier molecular flexibility index (Phi) is 5.54. The van der Waals surface area contributed by atoms with Gasteiger partial charge >= 0.3 is 0 Å². The third kappa shape index (κ3) is 4.50. The van der Waals surface area contributed by atoms with Gasteiger partial charge in [-0.15, -0.1) is 0 Å². The van der Waals surface area contributed by atoms with Gasteiger partial charge < -0.3 is 0 Å². The van der Waals surface area contributed by atoms with Crippen molar-refractivity contribution in [3.05, 3.63) is 101 Å². The fraction of sp³-hybridized carbons (Fsp3) is 0.174. The molecule has 0 spiro atoms. The number of fused-ring (bicyclic) bond motifs is 1. The molecule has 5 nitrogen and oxygen atoms in total. The van der Waals surface area contributed by atoms with Crippen LogP contribution in [0, 0.1) is 0 Å². The minimum Gasteiger partial charge on any atom is -0.294 e. The summed E-state index contributed by atoms with van der Waals surface area (Å²) < 4.78 is 0. The summed E-state index contributed by atoms with van der Waals surface area (Å²) in [4.78, 5) is 18.6. The fourth-order valence-electron chi connectivity index (χ4n) is 3.39. The lowest BCUT2D eigenvalue weighted by molar-refractivity contribution is 0.0955. The zero-order chi connectivity index (χ0) is 19.2. The van der Waals surface area contributed by atoms with E-state index in [9.17, 15) is 4.79 Å². The number of nitrogens with one attached hydrogen (secondary N) is 1. The van der Waals surface area contributed by atoms with Crippen molar-refractivity contribution in [3.63, 3.8) is 0 Å². The average Bonchev–Trinajstić information content (AvgIpc) is 2.75. The summed E-state index contributed by atoms with van der Waals surface area (Å²) in [6.07, 6.45) is 6.06. The first-order valence-electron chi connectivity index (χ1n) is 9.39. The number of nitrogens with zero attached hydrogens (tertiary/aromatic N) is 3. The topological polar surface area (TPSA) is 57.6 Å². The molecule has 0 atom stereocenters. The zero-order valence-electron chi connectivity index (χ0n) is 15.6. The molecule has 4 rings (SSSR count). The summed E-state index contributed by atoms with van der Waals surface area (Å²) in [5, 5.41) is 3.99. The average molecular weight is 370 g/mol. The second-order valence-corrected chi connectivity index (χ2v) is 6.91. The molecular formula is C23H22N4O. The highest BCUT2D eigenvalue weighted by molar-refractivity contribution is 5.94. The van der Waals surface area contributed by atoms with E-state index in [0.29, 0.717) is 5.56 Å². The van der Waals surface area contributed by atoms with Gasteiger partial charge in [0.05, 0.1) is 6.21 Å². The first kappa shape index (κ1) is 18.1. The Morgan fingerprint density at radius 3 is 2.57 bits per heavy atom. The van der Waals surface area contributed by atoms with Crippen LogP contribution < -0.4 is 5.43 Å². The van der Waals surface area contributed by atoms with Crippen molar-refractivity contribution in [2.75, 3.05) is 6.54 Å². The molecule has 0 aliphatic carbocycles. The van der Waals surface area contributed by atoms with E-state index < -0.39 is 0 Å². The molecule has 1 amide bonds. The number of benzene rings is 2. The molecule has 5 heteroatoms. The Bertz CT molecular complexity index is 967. The van der Waals surface area contributed by atoms with Gasteiger partial charge in [-0.25, -0.2) is 5.43 Å². The maximum Gasteiger partial charge on any atom is 0.271 e. The lowest BCUT2D eigenvalue weighted by Crippen LogP contribution is -2.30. The number of carbonyl (C=O) groups excluding carboxylic acids is 1. The van der Waals surface area contributed by atoms with E-state index in [2.05, 4.69) is 44.7 Å². The molecular weight excluding hydrogens is 348 g/mol. The molecule has 0 saturated heterocycles. The molecule has 0 bridgehead atoms. The van der Waals surface area contributed by atoms with Crippen molar-refractivity contribution < 1.29 is 4.79 Å². The monoisotopic (exact) mass is 370 g/mol. The van der Waals surface area contributed by atoms with Crippen LogP contribution in [0.1, 0.15) is 32.6 Å². The Morgan fingerprint density at radius 1 is 1.04 bits per heavy atom. The van der Waals surface area contributed by atoms with Gasteiger partial charge in [0.15, 0.2) is 0 Å². The SMILES string of the molecule is O=C(N/N=C\c1ccncc1)c1ccc(CN2CCc3ccccc3C2)cc1. The van der Waals surface area contributed by atoms with Gasteiger partial charge in [-0.2, -0.15) is 5.10 Å². The minimum atomic E-state index is -0.219. The largest absolute Gasteiger partial charge is 0.294 e. The van der Waals surface area contributed by atoms with Crippen LogP contribution in [0.2, 0.25) is 0 Å². The third-order valence-electron chi connectivity index (χ3n) is 4.92. The van der Waals surface area contributed by atoms with E-state index in [1.54, 1.807) is 18.6 Å². The molecule has 0 radical (unpaired) electrons. The molecule has 1 N–H and O–H groups in total. The fourth-order valence-corrected chi connectivity index (χ4v) is 3.39. The molecule has 2 aromatic carbocycles. The molecule has 140 valence electrons. The summed E-state index contributed by atoms with van der Waals surface area (Å²) in [5.74, 6) is -0.219. The lowest BCUT2D eigenvalue weighted by Gasteiger charge is -2.28. The smallest absolute Gasteiger partial charge is 0.271 e.